The number of carbonyl (C=O) groups excluding carboxylic acids is 1. The number of imidazole rings is 1. The normalized spacial score (nSPS) is 14.7. The van der Waals surface area contributed by atoms with Crippen molar-refractivity contribution in [3.63, 3.8) is 0 Å². The van der Waals surface area contributed by atoms with Crippen molar-refractivity contribution < 1.29 is 9.53 Å². The first kappa shape index (κ1) is 13.8. The summed E-state index contributed by atoms with van der Waals surface area (Å²) in [5, 5.41) is 0. The number of rotatable bonds is 3. The van der Waals surface area contributed by atoms with Crippen LogP contribution in [0.1, 0.15) is 16.2 Å². The Morgan fingerprint density at radius 1 is 1.26 bits per heavy atom. The molecule has 3 aromatic heterocycles. The number of hydrogen-bond donors (Lipinski definition) is 0. The van der Waals surface area contributed by atoms with E-state index in [-0.39, 0.29) is 12.0 Å². The molecule has 6 heteroatoms. The fraction of sp³-hybridized carbons (Fsp3) is 0.235. The highest BCUT2D eigenvalue weighted by atomic mass is 16.5. The predicted molar refractivity (Wildman–Crippen MR) is 84.5 cm³/mol. The van der Waals surface area contributed by atoms with Crippen LogP contribution in [0.5, 0.6) is 5.75 Å². The molecular formula is C17H16N4O2. The SMILES string of the molecule is Cc1nc2ccccn2c1C(=O)N1CC(Oc2cccnc2)C1. The van der Waals surface area contributed by atoms with Crippen molar-refractivity contribution in [2.24, 2.45) is 0 Å². The van der Waals surface area contributed by atoms with Gasteiger partial charge in [-0.3, -0.25) is 14.2 Å². The van der Waals surface area contributed by atoms with Gasteiger partial charge in [-0.05, 0) is 31.2 Å². The molecule has 0 radical (unpaired) electrons. The largest absolute Gasteiger partial charge is 0.485 e. The lowest BCUT2D eigenvalue weighted by atomic mass is 10.1. The Morgan fingerprint density at radius 3 is 2.91 bits per heavy atom. The molecule has 0 spiro atoms. The molecule has 0 atom stereocenters. The van der Waals surface area contributed by atoms with Gasteiger partial charge in [0.25, 0.3) is 5.91 Å². The van der Waals surface area contributed by atoms with Crippen molar-refractivity contribution in [3.05, 3.63) is 60.3 Å². The zero-order chi connectivity index (χ0) is 15.8. The number of amides is 1. The molecule has 23 heavy (non-hydrogen) atoms. The third-order valence-corrected chi connectivity index (χ3v) is 3.98. The number of carbonyl (C=O) groups is 1. The molecular weight excluding hydrogens is 292 g/mol. The maximum absolute atomic E-state index is 12.7. The molecule has 1 saturated heterocycles. The van der Waals surface area contributed by atoms with Crippen LogP contribution in [0.15, 0.2) is 48.9 Å². The lowest BCUT2D eigenvalue weighted by molar-refractivity contribution is 0.0171. The van der Waals surface area contributed by atoms with Crippen LogP contribution in [-0.4, -0.2) is 44.4 Å². The van der Waals surface area contributed by atoms with Gasteiger partial charge in [-0.15, -0.1) is 0 Å². The average Bonchev–Trinajstić information content (AvgIpc) is 2.86. The minimum atomic E-state index is -0.00719. The van der Waals surface area contributed by atoms with Crippen molar-refractivity contribution in [3.8, 4) is 5.75 Å². The second-order valence-electron chi connectivity index (χ2n) is 5.61. The monoisotopic (exact) mass is 308 g/mol. The molecule has 116 valence electrons. The smallest absolute Gasteiger partial charge is 0.273 e. The van der Waals surface area contributed by atoms with E-state index in [9.17, 15) is 4.79 Å². The van der Waals surface area contributed by atoms with Crippen molar-refractivity contribution >= 4 is 11.6 Å². The number of hydrogen-bond acceptors (Lipinski definition) is 4. The van der Waals surface area contributed by atoms with E-state index >= 15 is 0 Å². The van der Waals surface area contributed by atoms with Gasteiger partial charge in [0.05, 0.1) is 25.0 Å². The van der Waals surface area contributed by atoms with E-state index in [1.54, 1.807) is 17.3 Å². The fourth-order valence-electron chi connectivity index (χ4n) is 2.81. The van der Waals surface area contributed by atoms with Gasteiger partial charge in [0.2, 0.25) is 0 Å². The molecule has 6 nitrogen and oxygen atoms in total. The molecule has 1 fully saturated rings. The maximum Gasteiger partial charge on any atom is 0.273 e. The Morgan fingerprint density at radius 2 is 2.13 bits per heavy atom. The zero-order valence-electron chi connectivity index (χ0n) is 12.7. The Kier molecular flexibility index (Phi) is 3.22. The molecule has 0 N–H and O–H groups in total. The predicted octanol–water partition coefficient (Wildman–Crippen LogP) is 1.94. The lowest BCUT2D eigenvalue weighted by Crippen LogP contribution is -2.56. The number of nitrogens with zero attached hydrogens (tertiary/aromatic N) is 4. The third kappa shape index (κ3) is 2.42. The molecule has 0 unspecified atom stereocenters. The maximum atomic E-state index is 12.7. The molecule has 1 amide bonds. The molecule has 1 aliphatic rings. The molecule has 4 heterocycles. The number of aryl methyl sites for hydroxylation is 1. The number of aromatic nitrogens is 3. The molecule has 0 saturated carbocycles. The van der Waals surface area contributed by atoms with Gasteiger partial charge in [-0.25, -0.2) is 4.98 Å². The molecule has 1 aliphatic heterocycles. The Labute approximate surface area is 133 Å². The minimum Gasteiger partial charge on any atom is -0.485 e. The summed E-state index contributed by atoms with van der Waals surface area (Å²) >= 11 is 0. The molecule has 0 bridgehead atoms. The van der Waals surface area contributed by atoms with Gasteiger partial charge >= 0.3 is 0 Å². The first-order valence-corrected chi connectivity index (χ1v) is 7.52. The summed E-state index contributed by atoms with van der Waals surface area (Å²) in [6.45, 7) is 3.02. The Bertz CT molecular complexity index is 853. The first-order chi connectivity index (χ1) is 11.2. The highest BCUT2D eigenvalue weighted by Crippen LogP contribution is 2.21. The van der Waals surface area contributed by atoms with Crippen LogP contribution < -0.4 is 4.74 Å². The van der Waals surface area contributed by atoms with E-state index in [1.807, 2.05) is 47.9 Å². The number of likely N-dealkylation sites (tertiary alicyclic amines) is 1. The second kappa shape index (κ2) is 5.39. The highest BCUT2D eigenvalue weighted by Gasteiger charge is 2.34. The van der Waals surface area contributed by atoms with Gasteiger partial charge in [-0.1, -0.05) is 6.07 Å². The summed E-state index contributed by atoms with van der Waals surface area (Å²) < 4.78 is 7.63. The van der Waals surface area contributed by atoms with Crippen LogP contribution in [0, 0.1) is 6.92 Å². The number of pyridine rings is 2. The summed E-state index contributed by atoms with van der Waals surface area (Å²) in [7, 11) is 0. The van der Waals surface area contributed by atoms with Gasteiger partial charge in [0, 0.05) is 12.4 Å². The van der Waals surface area contributed by atoms with E-state index in [1.165, 1.54) is 0 Å². The van der Waals surface area contributed by atoms with Gasteiger partial charge in [0.1, 0.15) is 23.2 Å². The van der Waals surface area contributed by atoms with Crippen molar-refractivity contribution in [2.45, 2.75) is 13.0 Å². The topological polar surface area (TPSA) is 59.7 Å². The first-order valence-electron chi connectivity index (χ1n) is 7.52. The van der Waals surface area contributed by atoms with Crippen LogP contribution in [0.4, 0.5) is 0 Å². The lowest BCUT2D eigenvalue weighted by Gasteiger charge is -2.38. The Hall–Kier alpha value is -2.89. The quantitative estimate of drug-likeness (QED) is 0.742. The van der Waals surface area contributed by atoms with Crippen LogP contribution in [-0.2, 0) is 0 Å². The number of fused-ring (bicyclic) bond motifs is 1. The zero-order valence-corrected chi connectivity index (χ0v) is 12.7. The molecule has 0 aromatic carbocycles. The summed E-state index contributed by atoms with van der Waals surface area (Å²) in [5.74, 6) is 0.725. The fourth-order valence-corrected chi connectivity index (χ4v) is 2.81. The van der Waals surface area contributed by atoms with Crippen molar-refractivity contribution in [1.82, 2.24) is 19.3 Å². The van der Waals surface area contributed by atoms with Crippen molar-refractivity contribution in [2.75, 3.05) is 13.1 Å². The van der Waals surface area contributed by atoms with Gasteiger partial charge < -0.3 is 9.64 Å². The molecule has 0 aliphatic carbocycles. The Balaban J connectivity index is 1.48. The van der Waals surface area contributed by atoms with Gasteiger partial charge in [0.15, 0.2) is 0 Å². The molecule has 4 rings (SSSR count). The van der Waals surface area contributed by atoms with Crippen LogP contribution in [0.2, 0.25) is 0 Å². The minimum absolute atomic E-state index is 0.00719. The van der Waals surface area contributed by atoms with Crippen LogP contribution in [0.25, 0.3) is 5.65 Å². The summed E-state index contributed by atoms with van der Waals surface area (Å²) in [6.07, 6.45) is 5.27. The standard InChI is InChI=1S/C17H16N4O2/c1-12-16(21-8-3-2-6-15(21)19-12)17(22)20-10-14(11-20)23-13-5-4-7-18-9-13/h2-9,14H,10-11H2,1H3. The van der Waals surface area contributed by atoms with E-state index in [0.717, 1.165) is 17.1 Å². The average molecular weight is 308 g/mol. The number of ether oxygens (including phenoxy) is 1. The van der Waals surface area contributed by atoms with Crippen LogP contribution >= 0.6 is 0 Å². The van der Waals surface area contributed by atoms with Gasteiger partial charge in [-0.2, -0.15) is 0 Å². The van der Waals surface area contributed by atoms with E-state index in [2.05, 4.69) is 9.97 Å². The van der Waals surface area contributed by atoms with E-state index in [0.29, 0.717) is 18.8 Å². The molecule has 3 aromatic rings. The second-order valence-corrected chi connectivity index (χ2v) is 5.61. The summed E-state index contributed by atoms with van der Waals surface area (Å²) in [4.78, 5) is 23.0. The van der Waals surface area contributed by atoms with E-state index < -0.39 is 0 Å². The van der Waals surface area contributed by atoms with E-state index in [4.69, 9.17) is 4.74 Å². The highest BCUT2D eigenvalue weighted by molar-refractivity contribution is 5.95. The summed E-state index contributed by atoms with van der Waals surface area (Å²) in [5.41, 5.74) is 2.16. The third-order valence-electron chi connectivity index (χ3n) is 3.98. The van der Waals surface area contributed by atoms with Crippen LogP contribution in [0.3, 0.4) is 0 Å². The summed E-state index contributed by atoms with van der Waals surface area (Å²) in [6, 6.07) is 9.41. The van der Waals surface area contributed by atoms with Crippen molar-refractivity contribution in [1.29, 1.82) is 0 Å².